The number of hydrogen-bond donors (Lipinski definition) is 1. The van der Waals surface area contributed by atoms with Gasteiger partial charge in [0, 0.05) is 12.7 Å². The first kappa shape index (κ1) is 8.75. The fraction of sp³-hybridized carbons (Fsp3) is 0.700. The number of aryl methyl sites for hydroxylation is 2. The lowest BCUT2D eigenvalue weighted by atomic mass is 10.0. The lowest BCUT2D eigenvalue weighted by molar-refractivity contribution is 0.477. The number of hydrogen-bond acceptors (Lipinski definition) is 2. The molecule has 3 nitrogen and oxygen atoms in total. The summed E-state index contributed by atoms with van der Waals surface area (Å²) in [5, 5.41) is 4.28. The molecule has 1 aromatic heterocycles. The Morgan fingerprint density at radius 3 is 3.31 bits per heavy atom. The maximum Gasteiger partial charge on any atom is 0.0524 e. The van der Waals surface area contributed by atoms with Crippen molar-refractivity contribution >= 4 is 0 Å². The summed E-state index contributed by atoms with van der Waals surface area (Å²) in [5.74, 6) is 0.664. The van der Waals surface area contributed by atoms with Gasteiger partial charge in [0.15, 0.2) is 0 Å². The van der Waals surface area contributed by atoms with Crippen LogP contribution in [-0.2, 0) is 19.9 Å². The summed E-state index contributed by atoms with van der Waals surface area (Å²) in [6.45, 7) is 0.810. The largest absolute Gasteiger partial charge is 0.330 e. The molecular formula is C10H17N3. The number of nitrogens with zero attached hydrogens (tertiary/aromatic N) is 2. The van der Waals surface area contributed by atoms with Crippen LogP contribution in [0.4, 0.5) is 0 Å². The number of rotatable bonds is 1. The first-order chi connectivity index (χ1) is 6.31. The zero-order chi connectivity index (χ0) is 9.26. The summed E-state index contributed by atoms with van der Waals surface area (Å²) in [4.78, 5) is 0. The van der Waals surface area contributed by atoms with Gasteiger partial charge in [0.05, 0.1) is 6.20 Å². The predicted octanol–water partition coefficient (Wildman–Crippen LogP) is 0.874. The second kappa shape index (κ2) is 3.50. The summed E-state index contributed by atoms with van der Waals surface area (Å²) in [6, 6.07) is 0. The van der Waals surface area contributed by atoms with Gasteiger partial charge in [0.2, 0.25) is 0 Å². The Morgan fingerprint density at radius 1 is 1.69 bits per heavy atom. The van der Waals surface area contributed by atoms with E-state index in [-0.39, 0.29) is 0 Å². The van der Waals surface area contributed by atoms with Crippen molar-refractivity contribution in [2.75, 3.05) is 6.54 Å². The highest BCUT2D eigenvalue weighted by Crippen LogP contribution is 2.23. The Morgan fingerprint density at radius 2 is 2.54 bits per heavy atom. The van der Waals surface area contributed by atoms with E-state index in [2.05, 4.69) is 5.10 Å². The van der Waals surface area contributed by atoms with Crippen LogP contribution in [0.3, 0.4) is 0 Å². The molecule has 1 aliphatic carbocycles. The van der Waals surface area contributed by atoms with Crippen molar-refractivity contribution in [3.05, 3.63) is 17.5 Å². The lowest BCUT2D eigenvalue weighted by Crippen LogP contribution is -2.17. The van der Waals surface area contributed by atoms with Crippen LogP contribution in [0, 0.1) is 5.92 Å². The highest BCUT2D eigenvalue weighted by molar-refractivity contribution is 5.19. The Kier molecular flexibility index (Phi) is 2.36. The first-order valence-electron chi connectivity index (χ1n) is 5.01. The SMILES string of the molecule is Cn1ncc2c1C[C@H](CN)CCC2. The maximum atomic E-state index is 5.72. The second-order valence-corrected chi connectivity index (χ2v) is 3.94. The first-order valence-corrected chi connectivity index (χ1v) is 5.01. The van der Waals surface area contributed by atoms with E-state index in [9.17, 15) is 0 Å². The highest BCUT2D eigenvalue weighted by atomic mass is 15.3. The van der Waals surface area contributed by atoms with E-state index in [1.807, 2.05) is 17.9 Å². The maximum absolute atomic E-state index is 5.72. The van der Waals surface area contributed by atoms with Gasteiger partial charge in [0.1, 0.15) is 0 Å². The topological polar surface area (TPSA) is 43.8 Å². The molecule has 0 aliphatic heterocycles. The third-order valence-electron chi connectivity index (χ3n) is 3.02. The van der Waals surface area contributed by atoms with Gasteiger partial charge < -0.3 is 5.73 Å². The molecule has 0 bridgehead atoms. The van der Waals surface area contributed by atoms with Gasteiger partial charge >= 0.3 is 0 Å². The van der Waals surface area contributed by atoms with E-state index in [0.29, 0.717) is 5.92 Å². The van der Waals surface area contributed by atoms with E-state index >= 15 is 0 Å². The molecule has 72 valence electrons. The minimum absolute atomic E-state index is 0.664. The quantitative estimate of drug-likeness (QED) is 0.650. The Balaban J connectivity index is 2.26. The summed E-state index contributed by atoms with van der Waals surface area (Å²) < 4.78 is 2.00. The average molecular weight is 179 g/mol. The molecule has 1 heterocycles. The van der Waals surface area contributed by atoms with Gasteiger partial charge in [-0.25, -0.2) is 0 Å². The third kappa shape index (κ3) is 1.61. The van der Waals surface area contributed by atoms with Crippen LogP contribution in [0.15, 0.2) is 6.20 Å². The van der Waals surface area contributed by atoms with E-state index in [4.69, 9.17) is 5.73 Å². The van der Waals surface area contributed by atoms with Crippen molar-refractivity contribution in [2.24, 2.45) is 18.7 Å². The van der Waals surface area contributed by atoms with Crippen molar-refractivity contribution in [3.8, 4) is 0 Å². The molecule has 0 unspecified atom stereocenters. The fourth-order valence-electron chi connectivity index (χ4n) is 2.14. The third-order valence-corrected chi connectivity index (χ3v) is 3.02. The second-order valence-electron chi connectivity index (χ2n) is 3.94. The molecule has 13 heavy (non-hydrogen) atoms. The Bertz CT molecular complexity index is 290. The van der Waals surface area contributed by atoms with Gasteiger partial charge in [-0.3, -0.25) is 4.68 Å². The molecule has 2 rings (SSSR count). The van der Waals surface area contributed by atoms with Crippen molar-refractivity contribution in [1.29, 1.82) is 0 Å². The minimum atomic E-state index is 0.664. The van der Waals surface area contributed by atoms with Crippen molar-refractivity contribution in [1.82, 2.24) is 9.78 Å². The van der Waals surface area contributed by atoms with Gasteiger partial charge in [0.25, 0.3) is 0 Å². The molecule has 1 aliphatic rings. The molecule has 0 fully saturated rings. The van der Waals surface area contributed by atoms with Crippen LogP contribution in [0.2, 0.25) is 0 Å². The van der Waals surface area contributed by atoms with Gasteiger partial charge in [-0.2, -0.15) is 5.10 Å². The van der Waals surface area contributed by atoms with E-state index < -0.39 is 0 Å². The smallest absolute Gasteiger partial charge is 0.0524 e. The van der Waals surface area contributed by atoms with Crippen LogP contribution in [0.5, 0.6) is 0 Å². The van der Waals surface area contributed by atoms with Crippen molar-refractivity contribution < 1.29 is 0 Å². The predicted molar refractivity (Wildman–Crippen MR) is 52.4 cm³/mol. The van der Waals surface area contributed by atoms with Crippen LogP contribution in [0.25, 0.3) is 0 Å². The van der Waals surface area contributed by atoms with E-state index in [1.165, 1.54) is 30.5 Å². The van der Waals surface area contributed by atoms with Crippen LogP contribution in [0.1, 0.15) is 24.1 Å². The van der Waals surface area contributed by atoms with Gasteiger partial charge in [-0.15, -0.1) is 0 Å². The van der Waals surface area contributed by atoms with Crippen LogP contribution >= 0.6 is 0 Å². The molecule has 0 spiro atoms. The van der Waals surface area contributed by atoms with Gasteiger partial charge in [-0.05, 0) is 43.7 Å². The summed E-state index contributed by atoms with van der Waals surface area (Å²) in [6.07, 6.45) is 6.84. The monoisotopic (exact) mass is 179 g/mol. The Labute approximate surface area is 78.9 Å². The lowest BCUT2D eigenvalue weighted by Gasteiger charge is -2.11. The molecule has 1 aromatic rings. The number of aromatic nitrogens is 2. The summed E-state index contributed by atoms with van der Waals surface area (Å²) >= 11 is 0. The normalized spacial score (nSPS) is 22.5. The van der Waals surface area contributed by atoms with Gasteiger partial charge in [-0.1, -0.05) is 0 Å². The zero-order valence-electron chi connectivity index (χ0n) is 8.16. The highest BCUT2D eigenvalue weighted by Gasteiger charge is 2.18. The standard InChI is InChI=1S/C10H17N3/c1-13-10-5-8(6-11)3-2-4-9(10)7-12-13/h7-8H,2-6,11H2,1H3/t8-/m1/s1. The van der Waals surface area contributed by atoms with E-state index in [0.717, 1.165) is 13.0 Å². The Hall–Kier alpha value is -0.830. The fourth-order valence-corrected chi connectivity index (χ4v) is 2.14. The van der Waals surface area contributed by atoms with Crippen LogP contribution < -0.4 is 5.73 Å². The number of nitrogens with two attached hydrogens (primary N) is 1. The summed E-state index contributed by atoms with van der Waals surface area (Å²) in [5.41, 5.74) is 8.54. The van der Waals surface area contributed by atoms with E-state index in [1.54, 1.807) is 0 Å². The van der Waals surface area contributed by atoms with Crippen molar-refractivity contribution in [2.45, 2.75) is 25.7 Å². The molecule has 0 radical (unpaired) electrons. The minimum Gasteiger partial charge on any atom is -0.330 e. The molecular weight excluding hydrogens is 162 g/mol. The average Bonchev–Trinajstić information content (AvgIpc) is 2.41. The number of fused-ring (bicyclic) bond motifs is 1. The molecule has 0 saturated carbocycles. The van der Waals surface area contributed by atoms with Crippen molar-refractivity contribution in [3.63, 3.8) is 0 Å². The molecule has 1 atom stereocenters. The molecule has 3 heteroatoms. The molecule has 0 saturated heterocycles. The molecule has 2 N–H and O–H groups in total. The molecule has 0 amide bonds. The molecule has 0 aromatic carbocycles. The van der Waals surface area contributed by atoms with Crippen LogP contribution in [-0.4, -0.2) is 16.3 Å². The summed E-state index contributed by atoms with van der Waals surface area (Å²) in [7, 11) is 2.03. The zero-order valence-corrected chi connectivity index (χ0v) is 8.16.